The topological polar surface area (TPSA) is 116 Å². The zero-order chi connectivity index (χ0) is 12.3. The van der Waals surface area contributed by atoms with Crippen LogP contribution in [0, 0.1) is 10.1 Å². The van der Waals surface area contributed by atoms with Crippen LogP contribution in [0.1, 0.15) is 11.6 Å². The summed E-state index contributed by atoms with van der Waals surface area (Å²) in [6, 6.07) is 2.35. The maximum Gasteiger partial charge on any atom is 0.325 e. The summed E-state index contributed by atoms with van der Waals surface area (Å²) >= 11 is 0. The van der Waals surface area contributed by atoms with Crippen LogP contribution in [-0.2, 0) is 4.79 Å². The summed E-state index contributed by atoms with van der Waals surface area (Å²) in [5.41, 5.74) is 5.22. The van der Waals surface area contributed by atoms with Crippen LogP contribution < -0.4 is 10.5 Å². The van der Waals surface area contributed by atoms with Gasteiger partial charge in [-0.2, -0.15) is 0 Å². The molecule has 0 aliphatic rings. The summed E-state index contributed by atoms with van der Waals surface area (Å²) in [5.74, 6) is -1.07. The third-order valence-electron chi connectivity index (χ3n) is 1.99. The molecule has 7 nitrogen and oxygen atoms in total. The number of ether oxygens (including phenoxy) is 1. The van der Waals surface area contributed by atoms with E-state index < -0.39 is 16.9 Å². The van der Waals surface area contributed by atoms with Gasteiger partial charge < -0.3 is 15.6 Å². The summed E-state index contributed by atoms with van der Waals surface area (Å²) in [4.78, 5) is 20.6. The molecule has 7 heteroatoms. The van der Waals surface area contributed by atoms with Gasteiger partial charge in [0.2, 0.25) is 0 Å². The monoisotopic (exact) mass is 226 g/mol. The first-order valence-corrected chi connectivity index (χ1v) is 4.27. The number of benzene rings is 1. The van der Waals surface area contributed by atoms with E-state index in [1.54, 1.807) is 0 Å². The third-order valence-corrected chi connectivity index (χ3v) is 1.99. The number of nitrogens with zero attached hydrogens (tertiary/aromatic N) is 1. The molecule has 0 heterocycles. The number of nitrogens with two attached hydrogens (primary N) is 1. The molecule has 0 bridgehead atoms. The zero-order valence-electron chi connectivity index (χ0n) is 8.41. The van der Waals surface area contributed by atoms with Crippen molar-refractivity contribution >= 4 is 11.7 Å². The SMILES string of the molecule is COc1cc([C@@H](N)C(=O)O)cc([N+](=O)[O-])c1. The van der Waals surface area contributed by atoms with Crippen molar-refractivity contribution in [1.29, 1.82) is 0 Å². The Morgan fingerprint density at radius 3 is 2.62 bits per heavy atom. The van der Waals surface area contributed by atoms with Gasteiger partial charge in [-0.25, -0.2) is 0 Å². The normalized spacial score (nSPS) is 11.9. The number of nitro groups is 1. The predicted octanol–water partition coefficient (Wildman–Crippen LogP) is 0.688. The van der Waals surface area contributed by atoms with Gasteiger partial charge in [0.15, 0.2) is 0 Å². The number of hydrogen-bond donors (Lipinski definition) is 2. The Hall–Kier alpha value is -2.15. The van der Waals surface area contributed by atoms with Gasteiger partial charge in [-0.05, 0) is 11.6 Å². The van der Waals surface area contributed by atoms with Crippen molar-refractivity contribution in [2.24, 2.45) is 5.73 Å². The largest absolute Gasteiger partial charge is 0.496 e. The van der Waals surface area contributed by atoms with Gasteiger partial charge >= 0.3 is 5.97 Å². The number of rotatable bonds is 4. The molecule has 0 fully saturated rings. The van der Waals surface area contributed by atoms with Gasteiger partial charge in [0, 0.05) is 6.07 Å². The van der Waals surface area contributed by atoms with Crippen LogP contribution in [0.4, 0.5) is 5.69 Å². The zero-order valence-corrected chi connectivity index (χ0v) is 8.41. The minimum Gasteiger partial charge on any atom is -0.496 e. The quantitative estimate of drug-likeness (QED) is 0.576. The summed E-state index contributed by atoms with van der Waals surface area (Å²) in [5, 5.41) is 19.3. The van der Waals surface area contributed by atoms with Crippen molar-refractivity contribution in [2.45, 2.75) is 6.04 Å². The average molecular weight is 226 g/mol. The maximum atomic E-state index is 10.6. The van der Waals surface area contributed by atoms with Crippen molar-refractivity contribution in [3.63, 3.8) is 0 Å². The van der Waals surface area contributed by atoms with Crippen LogP contribution in [0.15, 0.2) is 18.2 Å². The molecule has 1 atom stereocenters. The summed E-state index contributed by atoms with van der Waals surface area (Å²) in [6.07, 6.45) is 0. The number of aliphatic carboxylic acids is 1. The van der Waals surface area contributed by atoms with Gasteiger partial charge in [-0.3, -0.25) is 14.9 Å². The first-order chi connectivity index (χ1) is 7.45. The second-order valence-corrected chi connectivity index (χ2v) is 3.04. The molecule has 0 saturated carbocycles. The van der Waals surface area contributed by atoms with E-state index in [4.69, 9.17) is 15.6 Å². The van der Waals surface area contributed by atoms with Gasteiger partial charge in [0.05, 0.1) is 18.1 Å². The minimum absolute atomic E-state index is 0.124. The van der Waals surface area contributed by atoms with E-state index in [1.807, 2.05) is 0 Å². The van der Waals surface area contributed by atoms with Crippen molar-refractivity contribution in [1.82, 2.24) is 0 Å². The van der Waals surface area contributed by atoms with E-state index in [0.29, 0.717) is 0 Å². The first-order valence-electron chi connectivity index (χ1n) is 4.27. The highest BCUT2D eigenvalue weighted by atomic mass is 16.6. The molecule has 0 spiro atoms. The smallest absolute Gasteiger partial charge is 0.325 e. The molecule has 0 aliphatic carbocycles. The van der Waals surface area contributed by atoms with Crippen LogP contribution in [-0.4, -0.2) is 23.1 Å². The molecule has 0 aromatic heterocycles. The molecular formula is C9H10N2O5. The molecule has 16 heavy (non-hydrogen) atoms. The van der Waals surface area contributed by atoms with E-state index in [2.05, 4.69) is 0 Å². The first kappa shape index (κ1) is 11.9. The summed E-state index contributed by atoms with van der Waals surface area (Å²) in [7, 11) is 1.33. The molecule has 3 N–H and O–H groups in total. The number of hydrogen-bond acceptors (Lipinski definition) is 5. The van der Waals surface area contributed by atoms with Crippen LogP contribution in [0.25, 0.3) is 0 Å². The van der Waals surface area contributed by atoms with Gasteiger partial charge in [0.1, 0.15) is 11.8 Å². The number of carboxylic acids is 1. The van der Waals surface area contributed by atoms with E-state index in [9.17, 15) is 14.9 Å². The number of carbonyl (C=O) groups is 1. The van der Waals surface area contributed by atoms with E-state index >= 15 is 0 Å². The van der Waals surface area contributed by atoms with E-state index in [1.165, 1.54) is 19.2 Å². The Bertz CT molecular complexity index is 432. The Balaban J connectivity index is 3.23. The third kappa shape index (κ3) is 2.45. The van der Waals surface area contributed by atoms with Gasteiger partial charge in [-0.15, -0.1) is 0 Å². The van der Waals surface area contributed by atoms with Crippen LogP contribution in [0.3, 0.4) is 0 Å². The molecule has 1 rings (SSSR count). The van der Waals surface area contributed by atoms with E-state index in [-0.39, 0.29) is 17.0 Å². The highest BCUT2D eigenvalue weighted by Crippen LogP contribution is 2.25. The second-order valence-electron chi connectivity index (χ2n) is 3.04. The highest BCUT2D eigenvalue weighted by molar-refractivity contribution is 5.75. The number of nitro benzene ring substituents is 1. The standard InChI is InChI=1S/C9H10N2O5/c1-16-7-3-5(8(10)9(12)13)2-6(4-7)11(14)15/h2-4,8H,10H2,1H3,(H,12,13)/t8-/m1/s1. The van der Waals surface area contributed by atoms with Crippen LogP contribution in [0.2, 0.25) is 0 Å². The Kier molecular flexibility index (Phi) is 3.41. The van der Waals surface area contributed by atoms with E-state index in [0.717, 1.165) is 6.07 Å². The lowest BCUT2D eigenvalue weighted by Gasteiger charge is -2.08. The number of methoxy groups -OCH3 is 1. The van der Waals surface area contributed by atoms with Crippen molar-refractivity contribution in [3.05, 3.63) is 33.9 Å². The van der Waals surface area contributed by atoms with Crippen LogP contribution in [0.5, 0.6) is 5.75 Å². The summed E-state index contributed by atoms with van der Waals surface area (Å²) in [6.45, 7) is 0. The molecule has 1 aromatic carbocycles. The van der Waals surface area contributed by atoms with Crippen LogP contribution >= 0.6 is 0 Å². The molecule has 1 aromatic rings. The molecule has 0 saturated heterocycles. The predicted molar refractivity (Wildman–Crippen MR) is 54.2 cm³/mol. The fourth-order valence-corrected chi connectivity index (χ4v) is 1.15. The molecule has 86 valence electrons. The number of carboxylic acid groups (broad SMARTS) is 1. The Labute approximate surface area is 90.6 Å². The van der Waals surface area contributed by atoms with Crippen molar-refractivity contribution in [3.8, 4) is 5.75 Å². The van der Waals surface area contributed by atoms with Gasteiger partial charge in [0.25, 0.3) is 5.69 Å². The molecule has 0 radical (unpaired) electrons. The van der Waals surface area contributed by atoms with Gasteiger partial charge in [-0.1, -0.05) is 0 Å². The van der Waals surface area contributed by atoms with Crippen molar-refractivity contribution < 1.29 is 19.6 Å². The lowest BCUT2D eigenvalue weighted by molar-refractivity contribution is -0.385. The van der Waals surface area contributed by atoms with Crippen molar-refractivity contribution in [2.75, 3.05) is 7.11 Å². The second kappa shape index (κ2) is 4.58. The lowest BCUT2D eigenvalue weighted by atomic mass is 10.1. The Morgan fingerprint density at radius 2 is 2.19 bits per heavy atom. The number of non-ortho nitro benzene ring substituents is 1. The minimum atomic E-state index is -1.31. The fraction of sp³-hybridized carbons (Fsp3) is 0.222. The molecule has 0 amide bonds. The molecule has 0 aliphatic heterocycles. The highest BCUT2D eigenvalue weighted by Gasteiger charge is 2.19. The Morgan fingerprint density at radius 1 is 1.56 bits per heavy atom. The maximum absolute atomic E-state index is 10.6. The molecular weight excluding hydrogens is 216 g/mol. The lowest BCUT2D eigenvalue weighted by Crippen LogP contribution is -2.20. The fourth-order valence-electron chi connectivity index (χ4n) is 1.15. The average Bonchev–Trinajstić information content (AvgIpc) is 2.27. The molecule has 0 unspecified atom stereocenters. The summed E-state index contributed by atoms with van der Waals surface area (Å²) < 4.78 is 4.82.